The van der Waals surface area contributed by atoms with Crippen LogP contribution in [0.25, 0.3) is 0 Å². The molecule has 39 heavy (non-hydrogen) atoms. The highest BCUT2D eigenvalue weighted by molar-refractivity contribution is 6.29. The number of urea groups is 2. The van der Waals surface area contributed by atoms with Crippen LogP contribution in [0.1, 0.15) is 57.8 Å². The number of carbonyl (C=O) groups excluding carboxylic acids is 5. The molecule has 0 radical (unpaired) electrons. The van der Waals surface area contributed by atoms with Gasteiger partial charge in [0.1, 0.15) is 23.5 Å². The van der Waals surface area contributed by atoms with Gasteiger partial charge in [-0.15, -0.1) is 0 Å². The van der Waals surface area contributed by atoms with E-state index in [1.807, 2.05) is 0 Å². The minimum atomic E-state index is -4.65. The Kier molecular flexibility index (Phi) is 5.24. The van der Waals surface area contributed by atoms with Crippen molar-refractivity contribution in [2.45, 2.75) is 75.5 Å². The highest BCUT2D eigenvalue weighted by Gasteiger charge is 2.69. The van der Waals surface area contributed by atoms with Gasteiger partial charge in [0.2, 0.25) is 0 Å². The summed E-state index contributed by atoms with van der Waals surface area (Å²) in [6, 6.07) is -2.21. The predicted molar refractivity (Wildman–Crippen MR) is 127 cm³/mol. The topological polar surface area (TPSA) is 150 Å². The van der Waals surface area contributed by atoms with Gasteiger partial charge < -0.3 is 16.4 Å². The Morgan fingerprint density at radius 3 is 2.03 bits per heavy atom. The van der Waals surface area contributed by atoms with Crippen molar-refractivity contribution < 1.29 is 37.1 Å². The molecule has 7 fully saturated rings. The number of nitrogens with zero attached hydrogens (tertiary/aromatic N) is 4. The van der Waals surface area contributed by atoms with Gasteiger partial charge in [0.15, 0.2) is 0 Å². The largest absolute Gasteiger partial charge is 0.406 e. The van der Waals surface area contributed by atoms with Gasteiger partial charge in [-0.2, -0.15) is 13.2 Å². The lowest BCUT2D eigenvalue weighted by atomic mass is 9.44. The van der Waals surface area contributed by atoms with Gasteiger partial charge in [-0.25, -0.2) is 9.59 Å². The Bertz CT molecular complexity index is 1210. The molecule has 2 saturated heterocycles. The van der Waals surface area contributed by atoms with E-state index in [1.54, 1.807) is 0 Å². The maximum atomic E-state index is 13.5. The van der Waals surface area contributed by atoms with Gasteiger partial charge in [0, 0.05) is 19.6 Å². The summed E-state index contributed by atoms with van der Waals surface area (Å²) in [4.78, 5) is 68.7. The number of barbiturate groups is 1. The summed E-state index contributed by atoms with van der Waals surface area (Å²) in [6.07, 6.45) is -0.0854. The first-order valence-corrected chi connectivity index (χ1v) is 13.2. The second-order valence-electron chi connectivity index (χ2n) is 12.6. The number of rotatable bonds is 4. The highest BCUT2D eigenvalue weighted by Crippen LogP contribution is 2.65. The van der Waals surface area contributed by atoms with Crippen molar-refractivity contribution in [3.63, 3.8) is 0 Å². The molecule has 212 valence electrons. The summed E-state index contributed by atoms with van der Waals surface area (Å²) < 4.78 is 39.7. The van der Waals surface area contributed by atoms with Crippen LogP contribution in [0.5, 0.6) is 0 Å². The van der Waals surface area contributed by atoms with Crippen LogP contribution in [0.15, 0.2) is 11.4 Å². The van der Waals surface area contributed by atoms with Crippen molar-refractivity contribution in [1.29, 1.82) is 0 Å². The fraction of sp³-hybridized carbons (Fsp3) is 0.720. The third-order valence-electron chi connectivity index (χ3n) is 10.1. The zero-order valence-corrected chi connectivity index (χ0v) is 21.6. The van der Waals surface area contributed by atoms with E-state index in [2.05, 4.69) is 0 Å². The summed E-state index contributed by atoms with van der Waals surface area (Å²) in [6.45, 7) is -1.29. The van der Waals surface area contributed by atoms with E-state index in [0.29, 0.717) is 36.5 Å². The van der Waals surface area contributed by atoms with E-state index in [4.69, 9.17) is 11.5 Å². The number of imide groups is 3. The van der Waals surface area contributed by atoms with E-state index < -0.39 is 70.9 Å². The van der Waals surface area contributed by atoms with E-state index >= 15 is 0 Å². The molecule has 5 aliphatic carbocycles. The lowest BCUT2D eigenvalue weighted by Gasteiger charge is -2.63. The quantitative estimate of drug-likeness (QED) is 0.306. The van der Waals surface area contributed by atoms with Crippen LogP contribution in [0.4, 0.5) is 22.8 Å². The van der Waals surface area contributed by atoms with Gasteiger partial charge >= 0.3 is 18.2 Å². The van der Waals surface area contributed by atoms with Crippen molar-refractivity contribution in [2.24, 2.45) is 28.2 Å². The average molecular weight is 553 g/mol. The SMILES string of the molecule is CN1C(=O)N(CC(F)(F)F)C2(CC3(CCC(N4C(=O)C(=C(N)N)C(=O)N(CC56CC(C5)C6)C4=O)CC3)C2)C1=O. The first-order chi connectivity index (χ1) is 18.1. The number of halogens is 3. The second kappa shape index (κ2) is 7.87. The molecular formula is C25H31F3N6O5. The first-order valence-electron chi connectivity index (χ1n) is 13.2. The van der Waals surface area contributed by atoms with Crippen molar-refractivity contribution in [2.75, 3.05) is 20.1 Å². The molecule has 2 heterocycles. The Labute approximate surface area is 222 Å². The highest BCUT2D eigenvalue weighted by atomic mass is 19.4. The summed E-state index contributed by atoms with van der Waals surface area (Å²) in [7, 11) is 1.19. The van der Waals surface area contributed by atoms with E-state index in [1.165, 1.54) is 7.05 Å². The normalized spacial score (nSPS) is 38.1. The zero-order chi connectivity index (χ0) is 28.3. The van der Waals surface area contributed by atoms with Gasteiger partial charge in [-0.1, -0.05) is 0 Å². The summed E-state index contributed by atoms with van der Waals surface area (Å²) >= 11 is 0. The molecule has 4 N–H and O–H groups in total. The van der Waals surface area contributed by atoms with Gasteiger partial charge in [0.25, 0.3) is 17.7 Å². The number of nitrogens with two attached hydrogens (primary N) is 2. The molecule has 7 rings (SSSR count). The molecule has 0 aromatic carbocycles. The molecule has 0 aromatic heterocycles. The molecule has 7 amide bonds. The molecule has 5 saturated carbocycles. The minimum absolute atomic E-state index is 0.0921. The summed E-state index contributed by atoms with van der Waals surface area (Å²) in [5.74, 6) is -2.07. The van der Waals surface area contributed by atoms with Crippen LogP contribution in [-0.2, 0) is 14.4 Å². The lowest BCUT2D eigenvalue weighted by Crippen LogP contribution is -2.67. The van der Waals surface area contributed by atoms with Crippen molar-refractivity contribution in [1.82, 2.24) is 19.6 Å². The molecule has 2 bridgehead atoms. The third kappa shape index (κ3) is 3.58. The summed E-state index contributed by atoms with van der Waals surface area (Å²) in [5, 5.41) is 0. The Morgan fingerprint density at radius 2 is 1.54 bits per heavy atom. The van der Waals surface area contributed by atoms with Crippen LogP contribution in [0, 0.1) is 16.7 Å². The minimum Gasteiger partial charge on any atom is -0.385 e. The number of alkyl halides is 3. The standard InChI is InChI=1S/C25H31F3N6O5/c1-31-19(37)24(33(20(31)38)12-25(26,27)28)9-22(10-24)4-2-14(3-5-22)34-18(36)15(16(29)30)17(35)32(21(34)39)11-23-6-13(7-23)8-23/h13-14H,2-12,29-30H2,1H3. The Hall–Kier alpha value is -3.32. The first kappa shape index (κ1) is 25.9. The Balaban J connectivity index is 1.18. The van der Waals surface area contributed by atoms with E-state index in [9.17, 15) is 37.1 Å². The smallest absolute Gasteiger partial charge is 0.385 e. The Morgan fingerprint density at radius 1 is 0.949 bits per heavy atom. The molecular weight excluding hydrogens is 521 g/mol. The van der Waals surface area contributed by atoms with Crippen LogP contribution >= 0.6 is 0 Å². The van der Waals surface area contributed by atoms with Crippen molar-refractivity contribution in [3.8, 4) is 0 Å². The zero-order valence-electron chi connectivity index (χ0n) is 21.6. The van der Waals surface area contributed by atoms with Crippen molar-refractivity contribution >= 4 is 29.8 Å². The molecule has 7 aliphatic rings. The number of hydrogen-bond acceptors (Lipinski definition) is 7. The molecule has 2 spiro atoms. The third-order valence-corrected chi connectivity index (χ3v) is 10.1. The molecule has 2 aliphatic heterocycles. The maximum absolute atomic E-state index is 13.5. The van der Waals surface area contributed by atoms with E-state index in [-0.39, 0.29) is 24.8 Å². The van der Waals surface area contributed by atoms with Crippen LogP contribution in [0.3, 0.4) is 0 Å². The van der Waals surface area contributed by atoms with Crippen molar-refractivity contribution in [3.05, 3.63) is 11.4 Å². The van der Waals surface area contributed by atoms with Gasteiger partial charge in [-0.05, 0) is 74.5 Å². The number of amides is 7. The van der Waals surface area contributed by atoms with Gasteiger partial charge in [-0.3, -0.25) is 29.1 Å². The molecule has 0 unspecified atom stereocenters. The molecule has 0 atom stereocenters. The summed E-state index contributed by atoms with van der Waals surface area (Å²) in [5.41, 5.74) is 8.87. The molecule has 11 nitrogen and oxygen atoms in total. The monoisotopic (exact) mass is 552 g/mol. The number of hydrogen-bond donors (Lipinski definition) is 2. The lowest BCUT2D eigenvalue weighted by molar-refractivity contribution is -0.174. The average Bonchev–Trinajstić information content (AvgIpc) is 2.93. The fourth-order valence-electron chi connectivity index (χ4n) is 8.18. The van der Waals surface area contributed by atoms with E-state index in [0.717, 1.165) is 34.0 Å². The predicted octanol–water partition coefficient (Wildman–Crippen LogP) is 1.62. The fourth-order valence-corrected chi connectivity index (χ4v) is 8.18. The maximum Gasteiger partial charge on any atom is 0.406 e. The van der Waals surface area contributed by atoms with Crippen LogP contribution < -0.4 is 11.5 Å². The second-order valence-corrected chi connectivity index (χ2v) is 12.6. The molecule has 0 aromatic rings. The van der Waals surface area contributed by atoms with Crippen LogP contribution in [-0.4, -0.2) is 87.3 Å². The van der Waals surface area contributed by atoms with Gasteiger partial charge in [0.05, 0.1) is 0 Å². The number of likely N-dealkylation sites (N-methyl/N-ethyl adjacent to an activating group) is 1. The molecule has 14 heteroatoms. The van der Waals surface area contributed by atoms with Crippen LogP contribution in [0.2, 0.25) is 0 Å². The number of carbonyl (C=O) groups is 5.